The number of nitrogens with zero attached hydrogens (tertiary/aromatic N) is 1. The summed E-state index contributed by atoms with van der Waals surface area (Å²) in [5, 5.41) is 0. The number of carbonyl (C=O) groups is 1. The van der Waals surface area contributed by atoms with E-state index < -0.39 is 10.0 Å². The number of rotatable bonds is 4. The van der Waals surface area contributed by atoms with E-state index in [1.807, 2.05) is 13.0 Å². The first kappa shape index (κ1) is 15.9. The fourth-order valence-corrected chi connectivity index (χ4v) is 3.55. The van der Waals surface area contributed by atoms with Gasteiger partial charge in [-0.2, -0.15) is 0 Å². The summed E-state index contributed by atoms with van der Waals surface area (Å²) < 4.78 is 32.5. The third-order valence-corrected chi connectivity index (χ3v) is 5.05. The van der Waals surface area contributed by atoms with Crippen LogP contribution in [0.4, 0.5) is 0 Å². The van der Waals surface area contributed by atoms with Crippen LogP contribution < -0.4 is 4.72 Å². The zero-order valence-electron chi connectivity index (χ0n) is 12.4. The quantitative estimate of drug-likeness (QED) is 0.875. The molecule has 2 rings (SSSR count). The van der Waals surface area contributed by atoms with Crippen LogP contribution in [0.5, 0.6) is 0 Å². The molecule has 1 unspecified atom stereocenters. The van der Waals surface area contributed by atoms with E-state index in [9.17, 15) is 13.2 Å². The van der Waals surface area contributed by atoms with E-state index >= 15 is 0 Å². The molecule has 1 aromatic rings. The summed E-state index contributed by atoms with van der Waals surface area (Å²) in [6, 6.07) is 5.20. The van der Waals surface area contributed by atoms with Crippen molar-refractivity contribution in [1.29, 1.82) is 0 Å². The topological polar surface area (TPSA) is 75.7 Å². The van der Waals surface area contributed by atoms with E-state index in [1.54, 1.807) is 31.0 Å². The van der Waals surface area contributed by atoms with Crippen molar-refractivity contribution >= 4 is 15.9 Å². The molecule has 0 saturated carbocycles. The predicted molar refractivity (Wildman–Crippen MR) is 78.5 cm³/mol. The van der Waals surface area contributed by atoms with Crippen LogP contribution in [0.3, 0.4) is 0 Å². The maximum absolute atomic E-state index is 12.3. The number of benzene rings is 1. The van der Waals surface area contributed by atoms with Gasteiger partial charge in [-0.05, 0) is 25.5 Å². The summed E-state index contributed by atoms with van der Waals surface area (Å²) in [5.74, 6) is -0.0940. The van der Waals surface area contributed by atoms with Gasteiger partial charge in [0.25, 0.3) is 0 Å². The Morgan fingerprint density at radius 1 is 1.38 bits per heavy atom. The molecule has 6 nitrogen and oxygen atoms in total. The van der Waals surface area contributed by atoms with Gasteiger partial charge in [0.2, 0.25) is 15.9 Å². The summed E-state index contributed by atoms with van der Waals surface area (Å²) in [5.41, 5.74) is 1.72. The molecular weight excluding hydrogens is 292 g/mol. The van der Waals surface area contributed by atoms with Gasteiger partial charge >= 0.3 is 0 Å². The Morgan fingerprint density at radius 3 is 2.71 bits per heavy atom. The molecule has 1 aromatic carbocycles. The number of amides is 1. The minimum absolute atomic E-state index is 0.00749. The minimum atomic E-state index is -3.57. The summed E-state index contributed by atoms with van der Waals surface area (Å²) in [6.07, 6.45) is -0.326. The minimum Gasteiger partial charge on any atom is -0.365 e. The third-order valence-electron chi connectivity index (χ3n) is 3.47. The number of sulfonamides is 1. The van der Waals surface area contributed by atoms with Gasteiger partial charge < -0.3 is 9.64 Å². The van der Waals surface area contributed by atoms with E-state index in [4.69, 9.17) is 4.74 Å². The number of hydrogen-bond donors (Lipinski definition) is 1. The summed E-state index contributed by atoms with van der Waals surface area (Å²) in [4.78, 5) is 13.1. The van der Waals surface area contributed by atoms with Crippen molar-refractivity contribution in [2.24, 2.45) is 0 Å². The Labute approximate surface area is 125 Å². The molecule has 1 saturated heterocycles. The zero-order chi connectivity index (χ0) is 15.6. The third kappa shape index (κ3) is 3.81. The molecule has 116 valence electrons. The first-order valence-corrected chi connectivity index (χ1v) is 8.20. The van der Waals surface area contributed by atoms with Gasteiger partial charge in [-0.1, -0.05) is 17.7 Å². The fourth-order valence-electron chi connectivity index (χ4n) is 2.26. The molecule has 1 heterocycles. The summed E-state index contributed by atoms with van der Waals surface area (Å²) in [7, 11) is -1.89. The van der Waals surface area contributed by atoms with Crippen LogP contribution in [0, 0.1) is 13.8 Å². The van der Waals surface area contributed by atoms with Crippen LogP contribution in [0.2, 0.25) is 0 Å². The molecule has 1 aliphatic rings. The molecular formula is C14H20N2O4S. The van der Waals surface area contributed by atoms with Crippen LogP contribution >= 0.6 is 0 Å². The van der Waals surface area contributed by atoms with Gasteiger partial charge in [0.05, 0.1) is 11.0 Å². The number of likely N-dealkylation sites (N-methyl/N-ethyl adjacent to an activating group) is 1. The van der Waals surface area contributed by atoms with Crippen molar-refractivity contribution in [3.63, 3.8) is 0 Å². The average molecular weight is 312 g/mol. The highest BCUT2D eigenvalue weighted by molar-refractivity contribution is 7.89. The summed E-state index contributed by atoms with van der Waals surface area (Å²) in [6.45, 7) is 4.21. The Morgan fingerprint density at radius 2 is 2.10 bits per heavy atom. The SMILES string of the molecule is Cc1ccc(S(=O)(=O)NCC2CN(C)C(=O)CO2)c(C)c1. The lowest BCUT2D eigenvalue weighted by atomic mass is 10.2. The average Bonchev–Trinajstić information content (AvgIpc) is 2.40. The molecule has 0 radical (unpaired) electrons. The molecule has 7 heteroatoms. The molecule has 1 amide bonds. The molecule has 1 atom stereocenters. The van der Waals surface area contributed by atoms with E-state index in [2.05, 4.69) is 4.72 Å². The Balaban J connectivity index is 2.03. The van der Waals surface area contributed by atoms with E-state index in [-0.39, 0.29) is 30.1 Å². The number of hydrogen-bond acceptors (Lipinski definition) is 4. The van der Waals surface area contributed by atoms with Gasteiger partial charge in [-0.15, -0.1) is 0 Å². The van der Waals surface area contributed by atoms with Crippen LogP contribution in [0.25, 0.3) is 0 Å². The molecule has 21 heavy (non-hydrogen) atoms. The largest absolute Gasteiger partial charge is 0.365 e. The first-order chi connectivity index (χ1) is 9.79. The molecule has 0 bridgehead atoms. The second-order valence-corrected chi connectivity index (χ2v) is 7.06. The van der Waals surface area contributed by atoms with Crippen LogP contribution in [-0.4, -0.2) is 52.1 Å². The van der Waals surface area contributed by atoms with Crippen molar-refractivity contribution in [2.75, 3.05) is 26.7 Å². The van der Waals surface area contributed by atoms with Crippen LogP contribution in [-0.2, 0) is 19.6 Å². The molecule has 0 aromatic heterocycles. The summed E-state index contributed by atoms with van der Waals surface area (Å²) >= 11 is 0. The Bertz CT molecular complexity index is 642. The standard InChI is InChI=1S/C14H20N2O4S/c1-10-4-5-13(11(2)6-10)21(18,19)15-7-12-8-16(3)14(17)9-20-12/h4-6,12,15H,7-9H2,1-3H3. The van der Waals surface area contributed by atoms with Gasteiger partial charge in [0.1, 0.15) is 6.61 Å². The Hall–Kier alpha value is -1.44. The van der Waals surface area contributed by atoms with Crippen molar-refractivity contribution in [1.82, 2.24) is 9.62 Å². The fraction of sp³-hybridized carbons (Fsp3) is 0.500. The van der Waals surface area contributed by atoms with Gasteiger partial charge in [0.15, 0.2) is 0 Å². The smallest absolute Gasteiger partial charge is 0.248 e. The number of morpholine rings is 1. The van der Waals surface area contributed by atoms with Crippen molar-refractivity contribution in [3.8, 4) is 0 Å². The molecule has 1 aliphatic heterocycles. The molecule has 0 spiro atoms. The predicted octanol–water partition coefficient (Wildman–Crippen LogP) is 0.439. The first-order valence-electron chi connectivity index (χ1n) is 6.72. The highest BCUT2D eigenvalue weighted by Crippen LogP contribution is 2.16. The maximum Gasteiger partial charge on any atom is 0.248 e. The van der Waals surface area contributed by atoms with E-state index in [0.29, 0.717) is 12.1 Å². The van der Waals surface area contributed by atoms with Crippen molar-refractivity contribution in [3.05, 3.63) is 29.3 Å². The number of aryl methyl sites for hydroxylation is 2. The lowest BCUT2D eigenvalue weighted by Crippen LogP contribution is -2.48. The molecule has 1 N–H and O–H groups in total. The van der Waals surface area contributed by atoms with Crippen LogP contribution in [0.15, 0.2) is 23.1 Å². The van der Waals surface area contributed by atoms with Gasteiger partial charge in [-0.25, -0.2) is 13.1 Å². The van der Waals surface area contributed by atoms with E-state index in [0.717, 1.165) is 5.56 Å². The molecule has 1 fully saturated rings. The van der Waals surface area contributed by atoms with Crippen molar-refractivity contribution in [2.45, 2.75) is 24.8 Å². The lowest BCUT2D eigenvalue weighted by Gasteiger charge is -2.29. The van der Waals surface area contributed by atoms with Crippen LogP contribution in [0.1, 0.15) is 11.1 Å². The molecule has 0 aliphatic carbocycles. The van der Waals surface area contributed by atoms with Gasteiger partial charge in [-0.3, -0.25) is 4.79 Å². The lowest BCUT2D eigenvalue weighted by molar-refractivity contribution is -0.146. The highest BCUT2D eigenvalue weighted by atomic mass is 32.2. The zero-order valence-corrected chi connectivity index (χ0v) is 13.2. The normalized spacial score (nSPS) is 19.9. The maximum atomic E-state index is 12.3. The van der Waals surface area contributed by atoms with Crippen molar-refractivity contribution < 1.29 is 17.9 Å². The number of carbonyl (C=O) groups excluding carboxylic acids is 1. The van der Waals surface area contributed by atoms with Gasteiger partial charge in [0, 0.05) is 20.1 Å². The highest BCUT2D eigenvalue weighted by Gasteiger charge is 2.25. The monoisotopic (exact) mass is 312 g/mol. The second-order valence-electron chi connectivity index (χ2n) is 5.33. The number of ether oxygens (including phenoxy) is 1. The Kier molecular flexibility index (Phi) is 4.65. The second kappa shape index (κ2) is 6.13. The number of nitrogens with one attached hydrogen (secondary N) is 1. The van der Waals surface area contributed by atoms with E-state index in [1.165, 1.54) is 0 Å².